The Hall–Kier alpha value is -1.71. The average Bonchev–Trinajstić information content (AvgIpc) is 2.41. The lowest BCUT2D eigenvalue weighted by atomic mass is 10.3. The fourth-order valence-electron chi connectivity index (χ4n) is 1.45. The van der Waals surface area contributed by atoms with Crippen molar-refractivity contribution in [2.75, 3.05) is 4.72 Å². The predicted octanol–water partition coefficient (Wildman–Crippen LogP) is 3.21. The van der Waals surface area contributed by atoms with Crippen molar-refractivity contribution in [1.29, 1.82) is 0 Å². The smallest absolute Gasteiger partial charge is 0.278 e. The van der Waals surface area contributed by atoms with Gasteiger partial charge in [-0.25, -0.2) is 13.4 Å². The Kier molecular flexibility index (Phi) is 4.45. The van der Waals surface area contributed by atoms with Crippen LogP contribution >= 0.6 is 27.5 Å². The summed E-state index contributed by atoms with van der Waals surface area (Å²) >= 11 is 8.77. The van der Waals surface area contributed by atoms with E-state index in [1.807, 2.05) is 0 Å². The summed E-state index contributed by atoms with van der Waals surface area (Å²) in [5.41, 5.74) is -0.246. The van der Waals surface area contributed by atoms with Gasteiger partial charge in [0.05, 0.1) is 21.7 Å². The molecule has 0 fully saturated rings. The molecule has 0 bridgehead atoms. The molecule has 0 saturated heterocycles. The lowest BCUT2D eigenvalue weighted by Gasteiger charge is -2.08. The number of pyridine rings is 1. The van der Waals surface area contributed by atoms with Crippen LogP contribution in [0.4, 0.5) is 11.4 Å². The van der Waals surface area contributed by atoms with Gasteiger partial charge < -0.3 is 0 Å². The van der Waals surface area contributed by atoms with Gasteiger partial charge in [-0.2, -0.15) is 0 Å². The number of nitro groups is 1. The van der Waals surface area contributed by atoms with E-state index >= 15 is 0 Å². The number of nitrogens with zero attached hydrogens (tertiary/aromatic N) is 2. The molecule has 0 aliphatic heterocycles. The van der Waals surface area contributed by atoms with Gasteiger partial charge in [0.1, 0.15) is 9.63 Å². The summed E-state index contributed by atoms with van der Waals surface area (Å²) in [6.45, 7) is 0. The number of benzene rings is 1. The first kappa shape index (κ1) is 15.7. The molecule has 0 saturated carbocycles. The summed E-state index contributed by atoms with van der Waals surface area (Å²) < 4.78 is 27.1. The Morgan fingerprint density at radius 3 is 2.57 bits per heavy atom. The van der Waals surface area contributed by atoms with Gasteiger partial charge in [-0.1, -0.05) is 11.6 Å². The number of halogens is 2. The number of anilines is 1. The maximum atomic E-state index is 12.2. The first-order chi connectivity index (χ1) is 9.79. The van der Waals surface area contributed by atoms with Crippen molar-refractivity contribution in [2.24, 2.45) is 0 Å². The third-order valence-electron chi connectivity index (χ3n) is 2.40. The van der Waals surface area contributed by atoms with E-state index in [1.165, 1.54) is 18.3 Å². The summed E-state index contributed by atoms with van der Waals surface area (Å²) in [6, 6.07) is 6.30. The van der Waals surface area contributed by atoms with Crippen LogP contribution in [0.3, 0.4) is 0 Å². The Balaban J connectivity index is 2.38. The first-order valence-corrected chi connectivity index (χ1v) is 8.03. The minimum absolute atomic E-state index is 0.135. The molecule has 0 atom stereocenters. The van der Waals surface area contributed by atoms with E-state index in [4.69, 9.17) is 11.6 Å². The number of nitrogens with one attached hydrogen (secondary N) is 1. The minimum atomic E-state index is -3.97. The molecular weight excluding hydrogens is 386 g/mol. The molecule has 0 aliphatic carbocycles. The molecule has 0 radical (unpaired) electrons. The van der Waals surface area contributed by atoms with E-state index in [9.17, 15) is 18.5 Å². The van der Waals surface area contributed by atoms with E-state index < -0.39 is 20.6 Å². The molecule has 110 valence electrons. The van der Waals surface area contributed by atoms with Crippen LogP contribution in [0.2, 0.25) is 5.02 Å². The van der Waals surface area contributed by atoms with Crippen LogP contribution in [0.25, 0.3) is 0 Å². The Bertz CT molecular complexity index is 796. The fraction of sp³-hybridized carbons (Fsp3) is 0. The molecule has 0 aliphatic rings. The fourth-order valence-corrected chi connectivity index (χ4v) is 2.93. The molecule has 1 N–H and O–H groups in total. The summed E-state index contributed by atoms with van der Waals surface area (Å²) in [7, 11) is -3.97. The van der Waals surface area contributed by atoms with Crippen LogP contribution < -0.4 is 4.72 Å². The van der Waals surface area contributed by atoms with Gasteiger partial charge in [-0.05, 0) is 40.2 Å². The molecule has 1 aromatic carbocycles. The third kappa shape index (κ3) is 3.69. The number of nitro benzene ring substituents is 1. The number of sulfonamides is 1. The molecular formula is C11H7BrClN3O4S. The van der Waals surface area contributed by atoms with Crippen molar-refractivity contribution in [3.05, 3.63) is 56.3 Å². The molecule has 0 unspecified atom stereocenters. The van der Waals surface area contributed by atoms with Crippen molar-refractivity contribution in [3.8, 4) is 0 Å². The Morgan fingerprint density at radius 2 is 2.00 bits per heavy atom. The minimum Gasteiger partial charge on any atom is -0.278 e. The van der Waals surface area contributed by atoms with Crippen molar-refractivity contribution >= 4 is 48.9 Å². The summed E-state index contributed by atoms with van der Waals surface area (Å²) in [4.78, 5) is 13.7. The van der Waals surface area contributed by atoms with Crippen molar-refractivity contribution < 1.29 is 13.3 Å². The largest absolute Gasteiger partial charge is 0.289 e. The highest BCUT2D eigenvalue weighted by Crippen LogP contribution is 2.28. The van der Waals surface area contributed by atoms with Crippen LogP contribution in [-0.2, 0) is 10.0 Å². The molecule has 1 aromatic heterocycles. The lowest BCUT2D eigenvalue weighted by molar-refractivity contribution is -0.384. The van der Waals surface area contributed by atoms with Crippen molar-refractivity contribution in [2.45, 2.75) is 4.90 Å². The van der Waals surface area contributed by atoms with E-state index in [1.54, 1.807) is 6.07 Å². The number of hydrogen-bond donors (Lipinski definition) is 1. The van der Waals surface area contributed by atoms with E-state index in [0.717, 1.165) is 12.1 Å². The highest BCUT2D eigenvalue weighted by Gasteiger charge is 2.20. The molecule has 2 aromatic rings. The Labute approximate surface area is 133 Å². The van der Waals surface area contributed by atoms with Gasteiger partial charge in [0.2, 0.25) is 0 Å². The van der Waals surface area contributed by atoms with E-state index in [2.05, 4.69) is 25.6 Å². The number of hydrogen-bond acceptors (Lipinski definition) is 5. The lowest BCUT2D eigenvalue weighted by Crippen LogP contribution is -2.13. The summed E-state index contributed by atoms with van der Waals surface area (Å²) in [5.74, 6) is 0. The molecule has 0 amide bonds. The zero-order valence-electron chi connectivity index (χ0n) is 10.2. The monoisotopic (exact) mass is 391 g/mol. The van der Waals surface area contributed by atoms with Crippen LogP contribution in [-0.4, -0.2) is 18.3 Å². The van der Waals surface area contributed by atoms with Gasteiger partial charge in [-0.15, -0.1) is 0 Å². The SMILES string of the molecule is O=[N+]([O-])c1cc(S(=O)(=O)Nc2ccc(Br)nc2)ccc1Cl. The summed E-state index contributed by atoms with van der Waals surface area (Å²) in [5, 5.41) is 10.7. The van der Waals surface area contributed by atoms with Gasteiger partial charge in [0.15, 0.2) is 0 Å². The van der Waals surface area contributed by atoms with Crippen molar-refractivity contribution in [3.63, 3.8) is 0 Å². The molecule has 2 rings (SSSR count). The maximum absolute atomic E-state index is 12.2. The first-order valence-electron chi connectivity index (χ1n) is 5.38. The number of aromatic nitrogens is 1. The molecule has 21 heavy (non-hydrogen) atoms. The van der Waals surface area contributed by atoms with E-state index in [0.29, 0.717) is 4.60 Å². The standard InChI is InChI=1S/C11H7BrClN3O4S/c12-11-4-1-7(6-14-11)15-21(19,20)8-2-3-9(13)10(5-8)16(17)18/h1-6,15H. The van der Waals surface area contributed by atoms with Gasteiger partial charge in [0, 0.05) is 6.07 Å². The van der Waals surface area contributed by atoms with Crippen LogP contribution in [0.15, 0.2) is 46.0 Å². The molecule has 7 nitrogen and oxygen atoms in total. The predicted molar refractivity (Wildman–Crippen MR) is 80.9 cm³/mol. The molecule has 0 spiro atoms. The van der Waals surface area contributed by atoms with Gasteiger partial charge in [-0.3, -0.25) is 14.8 Å². The van der Waals surface area contributed by atoms with E-state index in [-0.39, 0.29) is 15.6 Å². The van der Waals surface area contributed by atoms with Crippen molar-refractivity contribution in [1.82, 2.24) is 4.98 Å². The van der Waals surface area contributed by atoms with Crippen LogP contribution in [0.5, 0.6) is 0 Å². The van der Waals surface area contributed by atoms with Crippen LogP contribution in [0, 0.1) is 10.1 Å². The second-order valence-electron chi connectivity index (χ2n) is 3.85. The highest BCUT2D eigenvalue weighted by molar-refractivity contribution is 9.10. The molecule has 1 heterocycles. The average molecular weight is 393 g/mol. The quantitative estimate of drug-likeness (QED) is 0.489. The Morgan fingerprint density at radius 1 is 1.29 bits per heavy atom. The maximum Gasteiger partial charge on any atom is 0.289 e. The normalized spacial score (nSPS) is 11.1. The summed E-state index contributed by atoms with van der Waals surface area (Å²) in [6.07, 6.45) is 1.31. The molecule has 10 heteroatoms. The van der Waals surface area contributed by atoms with Gasteiger partial charge >= 0.3 is 0 Å². The zero-order valence-corrected chi connectivity index (χ0v) is 13.3. The third-order valence-corrected chi connectivity index (χ3v) is 4.57. The zero-order chi connectivity index (χ0) is 15.6. The second-order valence-corrected chi connectivity index (χ2v) is 6.75. The van der Waals surface area contributed by atoms with Crippen LogP contribution in [0.1, 0.15) is 0 Å². The second kappa shape index (κ2) is 5.96. The highest BCUT2D eigenvalue weighted by atomic mass is 79.9. The topological polar surface area (TPSA) is 102 Å². The number of rotatable bonds is 4. The van der Waals surface area contributed by atoms with Gasteiger partial charge in [0.25, 0.3) is 15.7 Å².